The minimum atomic E-state index is -1.08. The van der Waals surface area contributed by atoms with Gasteiger partial charge < -0.3 is 5.32 Å². The number of halogens is 4. The van der Waals surface area contributed by atoms with Crippen LogP contribution in [-0.2, 0) is 0 Å². The summed E-state index contributed by atoms with van der Waals surface area (Å²) < 4.78 is 41.8. The molecule has 0 spiro atoms. The third-order valence-corrected chi connectivity index (χ3v) is 3.54. The normalized spacial score (nSPS) is 11.3. The quantitative estimate of drug-likeness (QED) is 0.701. The van der Waals surface area contributed by atoms with E-state index in [1.807, 2.05) is 13.8 Å². The van der Waals surface area contributed by atoms with Crippen molar-refractivity contribution in [2.45, 2.75) is 19.9 Å². The summed E-state index contributed by atoms with van der Waals surface area (Å²) in [5, 5.41) is 2.91. The van der Waals surface area contributed by atoms with Crippen LogP contribution in [0.1, 0.15) is 13.8 Å². The number of nitrogens with one attached hydrogen (secondary N) is 1. The van der Waals surface area contributed by atoms with Gasteiger partial charge in [0.05, 0.1) is 16.8 Å². The Kier molecular flexibility index (Phi) is 4.28. The first kappa shape index (κ1) is 16.4. The van der Waals surface area contributed by atoms with E-state index in [0.717, 1.165) is 0 Å². The summed E-state index contributed by atoms with van der Waals surface area (Å²) in [5.74, 6) is -3.17. The van der Waals surface area contributed by atoms with E-state index in [9.17, 15) is 13.2 Å². The lowest BCUT2D eigenvalue weighted by atomic mass is 10.0. The Balaban J connectivity index is 2.41. The van der Waals surface area contributed by atoms with Crippen molar-refractivity contribution in [3.8, 4) is 11.1 Å². The summed E-state index contributed by atoms with van der Waals surface area (Å²) in [7, 11) is 0. The first-order valence-electron chi connectivity index (χ1n) is 7.10. The molecule has 0 radical (unpaired) electrons. The van der Waals surface area contributed by atoms with E-state index >= 15 is 0 Å². The summed E-state index contributed by atoms with van der Waals surface area (Å²) in [6.45, 7) is 3.69. The summed E-state index contributed by atoms with van der Waals surface area (Å²) in [6.07, 6.45) is 2.87. The van der Waals surface area contributed by atoms with Crippen molar-refractivity contribution < 1.29 is 13.2 Å². The fourth-order valence-corrected chi connectivity index (χ4v) is 2.67. The van der Waals surface area contributed by atoms with Crippen molar-refractivity contribution >= 4 is 28.5 Å². The monoisotopic (exact) mass is 352 g/mol. The number of pyridine rings is 1. The largest absolute Gasteiger partial charge is 0.380 e. The second-order valence-electron chi connectivity index (χ2n) is 5.42. The first-order valence-corrected chi connectivity index (χ1v) is 7.48. The zero-order valence-electron chi connectivity index (χ0n) is 12.7. The van der Waals surface area contributed by atoms with Crippen LogP contribution in [0.3, 0.4) is 0 Å². The molecule has 1 N–H and O–H groups in total. The molecule has 0 saturated carbocycles. The van der Waals surface area contributed by atoms with Crippen molar-refractivity contribution in [2.75, 3.05) is 5.32 Å². The standard InChI is InChI=1S/C16H12ClF3N4/c1-7(2)23-13-12(11-9(19)5-8(18)6-10(11)20)15(17)24-16-14(13)21-3-4-22-16/h3-7H,1-2H3,(H,22,23,24). The lowest BCUT2D eigenvalue weighted by molar-refractivity contribution is 0.548. The highest BCUT2D eigenvalue weighted by Gasteiger charge is 2.24. The molecule has 0 bridgehead atoms. The number of fused-ring (bicyclic) bond motifs is 1. The van der Waals surface area contributed by atoms with Crippen LogP contribution in [0, 0.1) is 17.5 Å². The fraction of sp³-hybridized carbons (Fsp3) is 0.188. The Morgan fingerprint density at radius 2 is 1.62 bits per heavy atom. The van der Waals surface area contributed by atoms with Crippen molar-refractivity contribution in [1.82, 2.24) is 15.0 Å². The number of rotatable bonds is 3. The number of hydrogen-bond acceptors (Lipinski definition) is 4. The summed E-state index contributed by atoms with van der Waals surface area (Å²) in [5.41, 5.74) is 0.349. The van der Waals surface area contributed by atoms with E-state index in [-0.39, 0.29) is 28.1 Å². The molecule has 3 aromatic rings. The van der Waals surface area contributed by atoms with Crippen LogP contribution in [0.4, 0.5) is 18.9 Å². The second-order valence-corrected chi connectivity index (χ2v) is 5.78. The Labute approximate surface area is 140 Å². The van der Waals surface area contributed by atoms with Gasteiger partial charge in [0, 0.05) is 30.6 Å². The number of hydrogen-bond donors (Lipinski definition) is 1. The zero-order chi connectivity index (χ0) is 17.4. The highest BCUT2D eigenvalue weighted by atomic mass is 35.5. The van der Waals surface area contributed by atoms with Crippen LogP contribution < -0.4 is 5.32 Å². The van der Waals surface area contributed by atoms with E-state index in [2.05, 4.69) is 20.3 Å². The molecule has 3 rings (SSSR count). The molecule has 24 heavy (non-hydrogen) atoms. The lowest BCUT2D eigenvalue weighted by Crippen LogP contribution is -2.13. The zero-order valence-corrected chi connectivity index (χ0v) is 13.5. The van der Waals surface area contributed by atoms with Gasteiger partial charge in [-0.25, -0.2) is 28.1 Å². The minimum Gasteiger partial charge on any atom is -0.380 e. The molecule has 0 aliphatic rings. The molecule has 124 valence electrons. The van der Waals surface area contributed by atoms with Gasteiger partial charge in [0.15, 0.2) is 5.65 Å². The van der Waals surface area contributed by atoms with Crippen LogP contribution in [0.25, 0.3) is 22.3 Å². The average Bonchev–Trinajstić information content (AvgIpc) is 2.48. The van der Waals surface area contributed by atoms with Gasteiger partial charge in [0.2, 0.25) is 0 Å². The van der Waals surface area contributed by atoms with Crippen LogP contribution >= 0.6 is 11.6 Å². The molecule has 0 atom stereocenters. The second kappa shape index (κ2) is 6.24. The molecule has 0 saturated heterocycles. The Hall–Kier alpha value is -2.41. The van der Waals surface area contributed by atoms with E-state index in [0.29, 0.717) is 17.6 Å². The maximum atomic E-state index is 14.3. The van der Waals surface area contributed by atoms with E-state index < -0.39 is 23.0 Å². The number of benzene rings is 1. The van der Waals surface area contributed by atoms with Crippen molar-refractivity contribution in [3.63, 3.8) is 0 Å². The molecule has 0 unspecified atom stereocenters. The van der Waals surface area contributed by atoms with Gasteiger partial charge in [0.25, 0.3) is 0 Å². The Morgan fingerprint density at radius 1 is 1.00 bits per heavy atom. The first-order chi connectivity index (χ1) is 11.4. The predicted octanol–water partition coefficient (Wildman–Crippen LogP) is 4.58. The molecule has 4 nitrogen and oxygen atoms in total. The molecule has 0 fully saturated rings. The fourth-order valence-electron chi connectivity index (χ4n) is 2.40. The van der Waals surface area contributed by atoms with Crippen LogP contribution in [0.15, 0.2) is 24.5 Å². The van der Waals surface area contributed by atoms with E-state index in [1.165, 1.54) is 12.4 Å². The van der Waals surface area contributed by atoms with Crippen LogP contribution in [0.5, 0.6) is 0 Å². The highest BCUT2D eigenvalue weighted by Crippen LogP contribution is 2.40. The molecule has 0 aliphatic heterocycles. The highest BCUT2D eigenvalue weighted by molar-refractivity contribution is 6.33. The van der Waals surface area contributed by atoms with Gasteiger partial charge in [-0.3, -0.25) is 0 Å². The molecular formula is C16H12ClF3N4. The molecule has 2 heterocycles. The molecule has 0 amide bonds. The number of nitrogens with zero attached hydrogens (tertiary/aromatic N) is 3. The number of anilines is 1. The maximum absolute atomic E-state index is 14.3. The SMILES string of the molecule is CC(C)Nc1c(-c2c(F)cc(F)cc2F)c(Cl)nc2nccnc12. The van der Waals surface area contributed by atoms with Gasteiger partial charge in [-0.1, -0.05) is 11.6 Å². The topological polar surface area (TPSA) is 50.7 Å². The Bertz CT molecular complexity index is 908. The van der Waals surface area contributed by atoms with Gasteiger partial charge >= 0.3 is 0 Å². The van der Waals surface area contributed by atoms with Gasteiger partial charge in [0.1, 0.15) is 28.1 Å². The predicted molar refractivity (Wildman–Crippen MR) is 86.4 cm³/mol. The molecule has 1 aromatic carbocycles. The van der Waals surface area contributed by atoms with E-state index in [1.54, 1.807) is 0 Å². The molecule has 8 heteroatoms. The Morgan fingerprint density at radius 3 is 2.25 bits per heavy atom. The van der Waals surface area contributed by atoms with Crippen LogP contribution in [-0.4, -0.2) is 21.0 Å². The lowest BCUT2D eigenvalue weighted by Gasteiger charge is -2.18. The van der Waals surface area contributed by atoms with Crippen molar-refractivity contribution in [3.05, 3.63) is 47.1 Å². The van der Waals surface area contributed by atoms with Crippen molar-refractivity contribution in [2.24, 2.45) is 0 Å². The number of aromatic nitrogens is 3. The molecular weight excluding hydrogens is 341 g/mol. The van der Waals surface area contributed by atoms with Crippen molar-refractivity contribution in [1.29, 1.82) is 0 Å². The molecule has 2 aromatic heterocycles. The van der Waals surface area contributed by atoms with Gasteiger partial charge in [-0.15, -0.1) is 0 Å². The average molecular weight is 353 g/mol. The van der Waals surface area contributed by atoms with E-state index in [4.69, 9.17) is 11.6 Å². The summed E-state index contributed by atoms with van der Waals surface area (Å²) >= 11 is 6.16. The summed E-state index contributed by atoms with van der Waals surface area (Å²) in [6, 6.07) is 1.10. The third-order valence-electron chi connectivity index (χ3n) is 3.27. The third kappa shape index (κ3) is 2.87. The maximum Gasteiger partial charge on any atom is 0.181 e. The smallest absolute Gasteiger partial charge is 0.181 e. The minimum absolute atomic E-state index is 0.0200. The van der Waals surface area contributed by atoms with Gasteiger partial charge in [-0.05, 0) is 13.8 Å². The van der Waals surface area contributed by atoms with Gasteiger partial charge in [-0.2, -0.15) is 0 Å². The van der Waals surface area contributed by atoms with Crippen LogP contribution in [0.2, 0.25) is 5.15 Å². The molecule has 0 aliphatic carbocycles. The summed E-state index contributed by atoms with van der Waals surface area (Å²) in [4.78, 5) is 12.3.